The Labute approximate surface area is 105 Å². The van der Waals surface area contributed by atoms with E-state index in [1.165, 1.54) is 25.7 Å². The fraction of sp³-hybridized carbons (Fsp3) is 0.929. The first-order chi connectivity index (χ1) is 8.18. The van der Waals surface area contributed by atoms with Crippen LogP contribution in [-0.2, 0) is 4.79 Å². The van der Waals surface area contributed by atoms with E-state index in [-0.39, 0.29) is 11.9 Å². The highest BCUT2D eigenvalue weighted by Gasteiger charge is 2.31. The van der Waals surface area contributed by atoms with Gasteiger partial charge < -0.3 is 10.6 Å². The van der Waals surface area contributed by atoms with Gasteiger partial charge in [-0.2, -0.15) is 0 Å². The minimum Gasteiger partial charge on any atom is -0.352 e. The van der Waals surface area contributed by atoms with Gasteiger partial charge in [-0.1, -0.05) is 26.7 Å². The molecule has 1 amide bonds. The lowest BCUT2D eigenvalue weighted by atomic mass is 9.78. The summed E-state index contributed by atoms with van der Waals surface area (Å²) in [5.41, 5.74) is 0. The third-order valence-electron chi connectivity index (χ3n) is 4.38. The van der Waals surface area contributed by atoms with Crippen LogP contribution in [0.2, 0.25) is 0 Å². The topological polar surface area (TPSA) is 41.1 Å². The number of rotatable bonds is 3. The second kappa shape index (κ2) is 5.85. The molecular weight excluding hydrogens is 212 g/mol. The molecule has 3 atom stereocenters. The first-order valence-corrected chi connectivity index (χ1v) is 7.22. The molecule has 17 heavy (non-hydrogen) atoms. The largest absolute Gasteiger partial charge is 0.352 e. The number of hydrogen-bond acceptors (Lipinski definition) is 2. The maximum absolute atomic E-state index is 12.1. The molecule has 0 aromatic carbocycles. The Morgan fingerprint density at radius 2 is 1.94 bits per heavy atom. The van der Waals surface area contributed by atoms with Gasteiger partial charge >= 0.3 is 0 Å². The normalized spacial score (nSPS) is 33.9. The second-order valence-corrected chi connectivity index (χ2v) is 5.96. The smallest absolute Gasteiger partial charge is 0.237 e. The van der Waals surface area contributed by atoms with E-state index >= 15 is 0 Å². The predicted molar refractivity (Wildman–Crippen MR) is 69.8 cm³/mol. The fourth-order valence-electron chi connectivity index (χ4n) is 3.33. The van der Waals surface area contributed by atoms with Crippen molar-refractivity contribution in [3.8, 4) is 0 Å². The maximum atomic E-state index is 12.1. The van der Waals surface area contributed by atoms with Crippen molar-refractivity contribution in [1.82, 2.24) is 10.6 Å². The summed E-state index contributed by atoms with van der Waals surface area (Å²) in [6, 6.07) is 0.489. The van der Waals surface area contributed by atoms with E-state index in [0.29, 0.717) is 17.9 Å². The monoisotopic (exact) mass is 238 g/mol. The van der Waals surface area contributed by atoms with Gasteiger partial charge in [0, 0.05) is 6.04 Å². The maximum Gasteiger partial charge on any atom is 0.237 e. The number of nitrogens with one attached hydrogen (secondary N) is 2. The number of carbonyl (C=O) groups excluding carboxylic acids is 1. The molecule has 2 N–H and O–H groups in total. The Morgan fingerprint density at radius 1 is 1.18 bits per heavy atom. The Balaban J connectivity index is 1.88. The zero-order valence-electron chi connectivity index (χ0n) is 11.2. The quantitative estimate of drug-likeness (QED) is 0.790. The van der Waals surface area contributed by atoms with Crippen molar-refractivity contribution < 1.29 is 4.79 Å². The average Bonchev–Trinajstić information content (AvgIpc) is 2.83. The summed E-state index contributed by atoms with van der Waals surface area (Å²) < 4.78 is 0. The number of hydrogen-bond donors (Lipinski definition) is 2. The van der Waals surface area contributed by atoms with Crippen LogP contribution in [0.3, 0.4) is 0 Å². The Morgan fingerprint density at radius 3 is 2.59 bits per heavy atom. The minimum absolute atomic E-state index is 0.0738. The van der Waals surface area contributed by atoms with Crippen molar-refractivity contribution in [3.63, 3.8) is 0 Å². The van der Waals surface area contributed by atoms with Crippen LogP contribution in [0, 0.1) is 11.8 Å². The molecule has 2 rings (SSSR count). The van der Waals surface area contributed by atoms with E-state index < -0.39 is 0 Å². The van der Waals surface area contributed by atoms with Crippen LogP contribution >= 0.6 is 0 Å². The second-order valence-electron chi connectivity index (χ2n) is 5.96. The molecule has 1 saturated heterocycles. The molecule has 0 aromatic rings. The molecule has 2 fully saturated rings. The molecule has 2 aliphatic rings. The summed E-state index contributed by atoms with van der Waals surface area (Å²) in [6.45, 7) is 5.56. The van der Waals surface area contributed by atoms with E-state index in [4.69, 9.17) is 0 Å². The first kappa shape index (κ1) is 12.9. The van der Waals surface area contributed by atoms with Crippen molar-refractivity contribution in [3.05, 3.63) is 0 Å². The molecular formula is C14H26N2O. The Hall–Kier alpha value is -0.570. The molecule has 98 valence electrons. The lowest BCUT2D eigenvalue weighted by Gasteiger charge is -2.35. The van der Waals surface area contributed by atoms with Crippen molar-refractivity contribution in [2.75, 3.05) is 6.54 Å². The molecule has 0 spiro atoms. The van der Waals surface area contributed by atoms with Gasteiger partial charge in [0.25, 0.3) is 0 Å². The van der Waals surface area contributed by atoms with Gasteiger partial charge in [-0.25, -0.2) is 0 Å². The van der Waals surface area contributed by atoms with Gasteiger partial charge in [0.2, 0.25) is 5.91 Å². The van der Waals surface area contributed by atoms with E-state index in [1.54, 1.807) is 0 Å². The average molecular weight is 238 g/mol. The minimum atomic E-state index is 0.0738. The van der Waals surface area contributed by atoms with Crippen LogP contribution in [0.25, 0.3) is 0 Å². The summed E-state index contributed by atoms with van der Waals surface area (Å²) in [6.07, 6.45) is 7.19. The highest BCUT2D eigenvalue weighted by Crippen LogP contribution is 2.30. The van der Waals surface area contributed by atoms with Gasteiger partial charge in [0.15, 0.2) is 0 Å². The van der Waals surface area contributed by atoms with Crippen LogP contribution in [0.5, 0.6) is 0 Å². The van der Waals surface area contributed by atoms with Crippen molar-refractivity contribution in [2.45, 2.75) is 64.5 Å². The Kier molecular flexibility index (Phi) is 4.43. The predicted octanol–water partition coefficient (Wildman–Crippen LogP) is 2.07. The molecule has 0 bridgehead atoms. The van der Waals surface area contributed by atoms with Gasteiger partial charge in [0.05, 0.1) is 6.04 Å². The Bertz CT molecular complexity index is 259. The standard InChI is InChI=1S/C14H26N2O/c1-10(2)11-6-3-4-7-12(11)16-14(17)13-8-5-9-15-13/h10-13,15H,3-9H2,1-2H3,(H,16,17)/t11?,12?,13-/m1/s1. The van der Waals surface area contributed by atoms with Gasteiger partial charge in [-0.05, 0) is 44.1 Å². The third kappa shape index (κ3) is 3.21. The van der Waals surface area contributed by atoms with Crippen molar-refractivity contribution in [2.24, 2.45) is 11.8 Å². The summed E-state index contributed by atoms with van der Waals surface area (Å²) in [5, 5.41) is 6.57. The molecule has 0 radical (unpaired) electrons. The van der Waals surface area contributed by atoms with E-state index in [2.05, 4.69) is 24.5 Å². The molecule has 1 heterocycles. The fourth-order valence-corrected chi connectivity index (χ4v) is 3.33. The molecule has 0 aromatic heterocycles. The highest BCUT2D eigenvalue weighted by molar-refractivity contribution is 5.82. The summed E-state index contributed by atoms with van der Waals surface area (Å²) >= 11 is 0. The van der Waals surface area contributed by atoms with Crippen molar-refractivity contribution >= 4 is 5.91 Å². The molecule has 1 saturated carbocycles. The first-order valence-electron chi connectivity index (χ1n) is 7.22. The molecule has 2 unspecified atom stereocenters. The zero-order valence-corrected chi connectivity index (χ0v) is 11.2. The van der Waals surface area contributed by atoms with Crippen LogP contribution < -0.4 is 10.6 Å². The molecule has 1 aliphatic heterocycles. The molecule has 1 aliphatic carbocycles. The number of amides is 1. The lowest BCUT2D eigenvalue weighted by molar-refractivity contribution is -0.124. The van der Waals surface area contributed by atoms with Crippen LogP contribution in [0.15, 0.2) is 0 Å². The number of carbonyl (C=O) groups is 1. The van der Waals surface area contributed by atoms with Crippen LogP contribution in [-0.4, -0.2) is 24.5 Å². The summed E-state index contributed by atoms with van der Waals surface area (Å²) in [5.74, 6) is 1.59. The molecule has 3 heteroatoms. The highest BCUT2D eigenvalue weighted by atomic mass is 16.2. The van der Waals surface area contributed by atoms with Crippen LogP contribution in [0.4, 0.5) is 0 Å². The van der Waals surface area contributed by atoms with E-state index in [9.17, 15) is 4.79 Å². The zero-order chi connectivity index (χ0) is 12.3. The SMILES string of the molecule is CC(C)C1CCCCC1NC(=O)[C@H]1CCCN1. The molecule has 3 nitrogen and oxygen atoms in total. The van der Waals surface area contributed by atoms with E-state index in [1.807, 2.05) is 0 Å². The van der Waals surface area contributed by atoms with Gasteiger partial charge in [-0.15, -0.1) is 0 Å². The van der Waals surface area contributed by atoms with Crippen molar-refractivity contribution in [1.29, 1.82) is 0 Å². The summed E-state index contributed by atoms with van der Waals surface area (Å²) in [4.78, 5) is 12.1. The van der Waals surface area contributed by atoms with Crippen LogP contribution in [0.1, 0.15) is 52.4 Å². The third-order valence-corrected chi connectivity index (χ3v) is 4.38. The van der Waals surface area contributed by atoms with Gasteiger partial charge in [-0.3, -0.25) is 4.79 Å². The van der Waals surface area contributed by atoms with E-state index in [0.717, 1.165) is 19.4 Å². The summed E-state index contributed by atoms with van der Waals surface area (Å²) in [7, 11) is 0. The van der Waals surface area contributed by atoms with Gasteiger partial charge in [0.1, 0.15) is 0 Å². The lowest BCUT2D eigenvalue weighted by Crippen LogP contribution is -2.49.